The number of aromatic nitrogens is 1. The fourth-order valence-electron chi connectivity index (χ4n) is 1.57. The number of rotatable bonds is 2. The summed E-state index contributed by atoms with van der Waals surface area (Å²) in [6.07, 6.45) is -2.53. The molecule has 7 heteroatoms. The maximum atomic E-state index is 12.8. The zero-order valence-electron chi connectivity index (χ0n) is 9.91. The summed E-state index contributed by atoms with van der Waals surface area (Å²) >= 11 is 0. The van der Waals surface area contributed by atoms with Gasteiger partial charge in [0.05, 0.1) is 11.9 Å². The van der Waals surface area contributed by atoms with Crippen LogP contribution in [0.4, 0.5) is 23.2 Å². The SMILES string of the molecule is O=C(Nc1cnccc1-c1ccc(F)cc1)C(F)(F)F. The maximum absolute atomic E-state index is 12.8. The normalized spacial score (nSPS) is 11.2. The molecule has 0 atom stereocenters. The highest BCUT2D eigenvalue weighted by atomic mass is 19.4. The lowest BCUT2D eigenvalue weighted by molar-refractivity contribution is -0.167. The van der Waals surface area contributed by atoms with Gasteiger partial charge in [0.15, 0.2) is 0 Å². The van der Waals surface area contributed by atoms with Crippen LogP contribution in [0.1, 0.15) is 0 Å². The van der Waals surface area contributed by atoms with Gasteiger partial charge in [-0.3, -0.25) is 9.78 Å². The topological polar surface area (TPSA) is 42.0 Å². The van der Waals surface area contributed by atoms with Crippen LogP contribution in [0.5, 0.6) is 0 Å². The van der Waals surface area contributed by atoms with Gasteiger partial charge >= 0.3 is 12.1 Å². The highest BCUT2D eigenvalue weighted by molar-refractivity contribution is 5.98. The lowest BCUT2D eigenvalue weighted by atomic mass is 10.1. The molecule has 0 bridgehead atoms. The lowest BCUT2D eigenvalue weighted by Crippen LogP contribution is -2.30. The van der Waals surface area contributed by atoms with E-state index in [0.717, 1.165) is 6.20 Å². The Morgan fingerprint density at radius 2 is 1.75 bits per heavy atom. The van der Waals surface area contributed by atoms with E-state index >= 15 is 0 Å². The van der Waals surface area contributed by atoms with E-state index in [1.54, 1.807) is 5.32 Å². The average molecular weight is 284 g/mol. The Morgan fingerprint density at radius 3 is 2.35 bits per heavy atom. The largest absolute Gasteiger partial charge is 0.471 e. The monoisotopic (exact) mass is 284 g/mol. The third-order valence-electron chi connectivity index (χ3n) is 2.48. The first-order valence-corrected chi connectivity index (χ1v) is 5.46. The van der Waals surface area contributed by atoms with Crippen LogP contribution in [0.2, 0.25) is 0 Å². The third-order valence-corrected chi connectivity index (χ3v) is 2.48. The number of amides is 1. The number of benzene rings is 1. The first-order chi connectivity index (χ1) is 9.38. The van der Waals surface area contributed by atoms with Crippen LogP contribution in [0, 0.1) is 5.82 Å². The van der Waals surface area contributed by atoms with Crippen molar-refractivity contribution in [2.45, 2.75) is 6.18 Å². The van der Waals surface area contributed by atoms with E-state index in [2.05, 4.69) is 4.98 Å². The molecule has 0 aliphatic carbocycles. The van der Waals surface area contributed by atoms with Crippen molar-refractivity contribution in [2.75, 3.05) is 5.32 Å². The maximum Gasteiger partial charge on any atom is 0.471 e. The zero-order chi connectivity index (χ0) is 14.8. The van der Waals surface area contributed by atoms with E-state index in [0.29, 0.717) is 11.1 Å². The van der Waals surface area contributed by atoms with Crippen LogP contribution in [-0.2, 0) is 4.79 Å². The second-order valence-electron chi connectivity index (χ2n) is 3.88. The summed E-state index contributed by atoms with van der Waals surface area (Å²) in [5, 5.41) is 1.74. The molecule has 1 N–H and O–H groups in total. The van der Waals surface area contributed by atoms with E-state index in [4.69, 9.17) is 0 Å². The summed E-state index contributed by atoms with van der Waals surface area (Å²) in [6, 6.07) is 6.57. The molecule has 1 amide bonds. The first kappa shape index (κ1) is 14.0. The number of anilines is 1. The first-order valence-electron chi connectivity index (χ1n) is 5.46. The summed E-state index contributed by atoms with van der Waals surface area (Å²) in [7, 11) is 0. The molecule has 2 aromatic rings. The number of hydrogen-bond acceptors (Lipinski definition) is 2. The number of carbonyl (C=O) groups is 1. The highest BCUT2D eigenvalue weighted by Gasteiger charge is 2.39. The quantitative estimate of drug-likeness (QED) is 0.859. The molecule has 2 rings (SSSR count). The Kier molecular flexibility index (Phi) is 3.69. The molecular formula is C13H8F4N2O. The van der Waals surface area contributed by atoms with Crippen molar-refractivity contribution in [3.8, 4) is 11.1 Å². The number of alkyl halides is 3. The van der Waals surface area contributed by atoms with Crippen molar-refractivity contribution < 1.29 is 22.4 Å². The third kappa shape index (κ3) is 3.11. The van der Waals surface area contributed by atoms with E-state index < -0.39 is 17.9 Å². The molecule has 1 aromatic carbocycles. The van der Waals surface area contributed by atoms with Crippen molar-refractivity contribution in [2.24, 2.45) is 0 Å². The molecule has 0 aliphatic heterocycles. The van der Waals surface area contributed by atoms with Gasteiger partial charge in [0.1, 0.15) is 5.82 Å². The Labute approximate surface area is 111 Å². The van der Waals surface area contributed by atoms with Crippen molar-refractivity contribution in [3.63, 3.8) is 0 Å². The molecule has 0 aliphatic rings. The van der Waals surface area contributed by atoms with Crippen LogP contribution in [0.15, 0.2) is 42.7 Å². The van der Waals surface area contributed by atoms with Crippen LogP contribution < -0.4 is 5.32 Å². The fraction of sp³-hybridized carbons (Fsp3) is 0.0769. The molecular weight excluding hydrogens is 276 g/mol. The number of pyridine rings is 1. The average Bonchev–Trinajstić information content (AvgIpc) is 2.39. The van der Waals surface area contributed by atoms with E-state index in [9.17, 15) is 22.4 Å². The molecule has 1 aromatic heterocycles. The predicted molar refractivity (Wildman–Crippen MR) is 64.3 cm³/mol. The Morgan fingerprint density at radius 1 is 1.10 bits per heavy atom. The van der Waals surface area contributed by atoms with Crippen LogP contribution in [0.3, 0.4) is 0 Å². The van der Waals surface area contributed by atoms with Gasteiger partial charge < -0.3 is 5.32 Å². The van der Waals surface area contributed by atoms with Crippen molar-refractivity contribution in [3.05, 3.63) is 48.5 Å². The number of halogens is 4. The number of nitrogens with zero attached hydrogens (tertiary/aromatic N) is 1. The minimum atomic E-state index is -4.99. The van der Waals surface area contributed by atoms with Crippen LogP contribution >= 0.6 is 0 Å². The molecule has 0 saturated carbocycles. The van der Waals surface area contributed by atoms with Crippen molar-refractivity contribution >= 4 is 11.6 Å². The molecule has 3 nitrogen and oxygen atoms in total. The molecule has 104 valence electrons. The summed E-state index contributed by atoms with van der Waals surface area (Å²) in [5.41, 5.74) is 0.685. The fourth-order valence-corrected chi connectivity index (χ4v) is 1.57. The Balaban J connectivity index is 2.36. The molecule has 20 heavy (non-hydrogen) atoms. The molecule has 0 fully saturated rings. The smallest absolute Gasteiger partial charge is 0.316 e. The predicted octanol–water partition coefficient (Wildman–Crippen LogP) is 3.39. The zero-order valence-corrected chi connectivity index (χ0v) is 9.91. The van der Waals surface area contributed by atoms with Gasteiger partial charge in [-0.05, 0) is 23.8 Å². The summed E-state index contributed by atoms with van der Waals surface area (Å²) in [5.74, 6) is -2.56. The van der Waals surface area contributed by atoms with E-state index in [-0.39, 0.29) is 5.69 Å². The van der Waals surface area contributed by atoms with E-state index in [1.165, 1.54) is 36.5 Å². The lowest BCUT2D eigenvalue weighted by Gasteiger charge is -2.12. The number of nitrogens with one attached hydrogen (secondary N) is 1. The van der Waals surface area contributed by atoms with Gasteiger partial charge in [-0.25, -0.2) is 4.39 Å². The van der Waals surface area contributed by atoms with Gasteiger partial charge in [-0.1, -0.05) is 12.1 Å². The summed E-state index contributed by atoms with van der Waals surface area (Å²) in [6.45, 7) is 0. The summed E-state index contributed by atoms with van der Waals surface area (Å²) < 4.78 is 49.6. The molecule has 0 spiro atoms. The van der Waals surface area contributed by atoms with Gasteiger partial charge in [-0.2, -0.15) is 13.2 Å². The molecule has 0 saturated heterocycles. The van der Waals surface area contributed by atoms with Gasteiger partial charge in [0.2, 0.25) is 0 Å². The molecule has 1 heterocycles. The van der Waals surface area contributed by atoms with Crippen molar-refractivity contribution in [1.29, 1.82) is 0 Å². The van der Waals surface area contributed by atoms with Crippen molar-refractivity contribution in [1.82, 2.24) is 4.98 Å². The molecule has 0 unspecified atom stereocenters. The van der Waals surface area contributed by atoms with E-state index in [1.807, 2.05) is 0 Å². The number of hydrogen-bond donors (Lipinski definition) is 1. The van der Waals surface area contributed by atoms with Gasteiger partial charge in [-0.15, -0.1) is 0 Å². The highest BCUT2D eigenvalue weighted by Crippen LogP contribution is 2.28. The van der Waals surface area contributed by atoms with Gasteiger partial charge in [0, 0.05) is 11.8 Å². The van der Waals surface area contributed by atoms with Crippen LogP contribution in [-0.4, -0.2) is 17.1 Å². The summed E-state index contributed by atoms with van der Waals surface area (Å²) in [4.78, 5) is 14.6. The second kappa shape index (κ2) is 5.28. The van der Waals surface area contributed by atoms with Crippen LogP contribution in [0.25, 0.3) is 11.1 Å². The minimum Gasteiger partial charge on any atom is -0.316 e. The number of carbonyl (C=O) groups excluding carboxylic acids is 1. The Hall–Kier alpha value is -2.44. The Bertz CT molecular complexity index is 623. The van der Waals surface area contributed by atoms with Gasteiger partial charge in [0.25, 0.3) is 0 Å². The standard InChI is InChI=1S/C13H8F4N2O/c14-9-3-1-8(2-4-9)10-5-6-18-7-11(10)19-12(20)13(15,16)17/h1-7H,(H,19,20). The second-order valence-corrected chi connectivity index (χ2v) is 3.88. The molecule has 0 radical (unpaired) electrons. The minimum absolute atomic E-state index is 0.0959.